The lowest BCUT2D eigenvalue weighted by Crippen LogP contribution is -2.48. The first-order valence-electron chi connectivity index (χ1n) is 8.11. The van der Waals surface area contributed by atoms with Crippen molar-refractivity contribution in [1.82, 2.24) is 5.32 Å². The molecule has 21 heavy (non-hydrogen) atoms. The Morgan fingerprint density at radius 1 is 1.24 bits per heavy atom. The molecule has 2 fully saturated rings. The molecule has 1 aromatic carbocycles. The van der Waals surface area contributed by atoms with E-state index in [2.05, 4.69) is 27.7 Å². The van der Waals surface area contributed by atoms with Crippen molar-refractivity contribution in [2.45, 2.75) is 26.2 Å². The van der Waals surface area contributed by atoms with E-state index in [-0.39, 0.29) is 11.8 Å². The Morgan fingerprint density at radius 3 is 2.62 bits per heavy atom. The Kier molecular flexibility index (Phi) is 4.44. The molecule has 0 saturated carbocycles. The highest BCUT2D eigenvalue weighted by molar-refractivity contribution is 5.95. The van der Waals surface area contributed by atoms with E-state index >= 15 is 0 Å². The lowest BCUT2D eigenvalue weighted by atomic mass is 9.88. The molecule has 2 heterocycles. The molecule has 2 aliphatic heterocycles. The maximum Gasteiger partial charge on any atom is 0.227 e. The molecule has 0 spiro atoms. The van der Waals surface area contributed by atoms with Gasteiger partial charge < -0.3 is 15.5 Å². The number of para-hydroxylation sites is 2. The smallest absolute Gasteiger partial charge is 0.227 e. The molecule has 2 aliphatic rings. The Bertz CT molecular complexity index is 493. The molecule has 0 radical (unpaired) electrons. The van der Waals surface area contributed by atoms with Crippen LogP contribution in [0.15, 0.2) is 24.3 Å². The van der Waals surface area contributed by atoms with E-state index in [0.717, 1.165) is 31.9 Å². The second kappa shape index (κ2) is 6.48. The minimum absolute atomic E-state index is 0.0701. The lowest BCUT2D eigenvalue weighted by molar-refractivity contribution is -0.121. The Labute approximate surface area is 126 Å². The molecular weight excluding hydrogens is 262 g/mol. The largest absolute Gasteiger partial charge is 0.370 e. The van der Waals surface area contributed by atoms with Crippen molar-refractivity contribution >= 4 is 17.3 Å². The van der Waals surface area contributed by atoms with E-state index in [1.165, 1.54) is 24.9 Å². The van der Waals surface area contributed by atoms with Crippen LogP contribution in [0.25, 0.3) is 0 Å². The van der Waals surface area contributed by atoms with Crippen molar-refractivity contribution in [2.24, 2.45) is 11.8 Å². The zero-order chi connectivity index (χ0) is 14.7. The van der Waals surface area contributed by atoms with Gasteiger partial charge in [0.15, 0.2) is 0 Å². The monoisotopic (exact) mass is 287 g/mol. The molecule has 1 unspecified atom stereocenters. The Hall–Kier alpha value is -1.55. The number of piperidine rings is 1. The van der Waals surface area contributed by atoms with Gasteiger partial charge in [0.2, 0.25) is 5.91 Å². The maximum absolute atomic E-state index is 12.4. The van der Waals surface area contributed by atoms with Crippen molar-refractivity contribution in [2.75, 3.05) is 36.4 Å². The average Bonchev–Trinajstić information content (AvgIpc) is 2.47. The number of anilines is 2. The van der Waals surface area contributed by atoms with Crippen molar-refractivity contribution in [1.29, 1.82) is 0 Å². The van der Waals surface area contributed by atoms with E-state index < -0.39 is 0 Å². The number of hydrogen-bond donors (Lipinski definition) is 2. The van der Waals surface area contributed by atoms with E-state index in [1.54, 1.807) is 0 Å². The SMILES string of the molecule is CC(C(=O)Nc1ccccc1N1CCCCC1)C1CNC1. The summed E-state index contributed by atoms with van der Waals surface area (Å²) in [6, 6.07) is 8.20. The van der Waals surface area contributed by atoms with Crippen molar-refractivity contribution < 1.29 is 4.79 Å². The summed E-state index contributed by atoms with van der Waals surface area (Å²) in [6.07, 6.45) is 3.80. The first-order valence-corrected chi connectivity index (χ1v) is 8.11. The summed E-state index contributed by atoms with van der Waals surface area (Å²) in [5.74, 6) is 0.693. The maximum atomic E-state index is 12.4. The zero-order valence-corrected chi connectivity index (χ0v) is 12.8. The van der Waals surface area contributed by atoms with E-state index in [9.17, 15) is 4.79 Å². The van der Waals surface area contributed by atoms with E-state index in [0.29, 0.717) is 5.92 Å². The highest BCUT2D eigenvalue weighted by Gasteiger charge is 2.29. The molecule has 2 N–H and O–H groups in total. The second-order valence-corrected chi connectivity index (χ2v) is 6.26. The predicted octanol–water partition coefficient (Wildman–Crippen LogP) is 2.47. The molecule has 4 nitrogen and oxygen atoms in total. The van der Waals surface area contributed by atoms with Gasteiger partial charge in [-0.15, -0.1) is 0 Å². The third-order valence-corrected chi connectivity index (χ3v) is 4.79. The first kappa shape index (κ1) is 14.4. The molecule has 0 aromatic heterocycles. The molecule has 1 amide bonds. The summed E-state index contributed by atoms with van der Waals surface area (Å²) in [6.45, 7) is 6.14. The molecule has 0 bridgehead atoms. The quantitative estimate of drug-likeness (QED) is 0.894. The van der Waals surface area contributed by atoms with Gasteiger partial charge >= 0.3 is 0 Å². The molecule has 1 atom stereocenters. The molecule has 4 heteroatoms. The number of carbonyl (C=O) groups is 1. The number of amides is 1. The van der Waals surface area contributed by atoms with Gasteiger partial charge in [-0.05, 0) is 50.4 Å². The van der Waals surface area contributed by atoms with Gasteiger partial charge in [0.25, 0.3) is 0 Å². The Balaban J connectivity index is 1.70. The van der Waals surface area contributed by atoms with Crippen LogP contribution in [0.3, 0.4) is 0 Å². The summed E-state index contributed by atoms with van der Waals surface area (Å²) in [5.41, 5.74) is 2.13. The van der Waals surface area contributed by atoms with Gasteiger partial charge in [0, 0.05) is 19.0 Å². The van der Waals surface area contributed by atoms with Gasteiger partial charge in [0.05, 0.1) is 11.4 Å². The number of benzene rings is 1. The van der Waals surface area contributed by atoms with Gasteiger partial charge in [-0.1, -0.05) is 19.1 Å². The minimum Gasteiger partial charge on any atom is -0.370 e. The molecule has 1 aromatic rings. The number of nitrogens with zero attached hydrogens (tertiary/aromatic N) is 1. The fourth-order valence-corrected chi connectivity index (χ4v) is 3.12. The highest BCUT2D eigenvalue weighted by atomic mass is 16.1. The second-order valence-electron chi connectivity index (χ2n) is 6.26. The number of hydrogen-bond acceptors (Lipinski definition) is 3. The van der Waals surface area contributed by atoms with E-state index in [4.69, 9.17) is 0 Å². The van der Waals surface area contributed by atoms with Gasteiger partial charge in [-0.3, -0.25) is 4.79 Å². The fraction of sp³-hybridized carbons (Fsp3) is 0.588. The third-order valence-electron chi connectivity index (χ3n) is 4.79. The molecular formula is C17H25N3O. The number of rotatable bonds is 4. The van der Waals surface area contributed by atoms with Crippen LogP contribution in [-0.2, 0) is 4.79 Å². The number of nitrogens with one attached hydrogen (secondary N) is 2. The third kappa shape index (κ3) is 3.21. The summed E-state index contributed by atoms with van der Waals surface area (Å²) >= 11 is 0. The van der Waals surface area contributed by atoms with Gasteiger partial charge in [-0.2, -0.15) is 0 Å². The van der Waals surface area contributed by atoms with Gasteiger partial charge in [0.1, 0.15) is 0 Å². The van der Waals surface area contributed by atoms with Crippen LogP contribution in [-0.4, -0.2) is 32.1 Å². The molecule has 2 saturated heterocycles. The molecule has 114 valence electrons. The molecule has 0 aliphatic carbocycles. The van der Waals surface area contributed by atoms with Gasteiger partial charge in [-0.25, -0.2) is 0 Å². The summed E-state index contributed by atoms with van der Waals surface area (Å²) < 4.78 is 0. The van der Waals surface area contributed by atoms with Crippen LogP contribution >= 0.6 is 0 Å². The van der Waals surface area contributed by atoms with Crippen molar-refractivity contribution in [3.8, 4) is 0 Å². The summed E-state index contributed by atoms with van der Waals surface area (Å²) in [5, 5.41) is 6.38. The zero-order valence-electron chi connectivity index (χ0n) is 12.8. The first-order chi connectivity index (χ1) is 10.3. The van der Waals surface area contributed by atoms with Crippen LogP contribution in [0.5, 0.6) is 0 Å². The predicted molar refractivity (Wildman–Crippen MR) is 86.7 cm³/mol. The highest BCUT2D eigenvalue weighted by Crippen LogP contribution is 2.29. The van der Waals surface area contributed by atoms with Crippen LogP contribution in [0.1, 0.15) is 26.2 Å². The lowest BCUT2D eigenvalue weighted by Gasteiger charge is -2.33. The standard InChI is InChI=1S/C17H25N3O/c1-13(14-11-18-12-14)17(21)19-15-7-3-4-8-16(15)20-9-5-2-6-10-20/h3-4,7-8,13-14,18H,2,5-6,9-12H2,1H3,(H,19,21). The molecule has 3 rings (SSSR count). The normalized spacial score (nSPS) is 20.7. The van der Waals surface area contributed by atoms with E-state index in [1.807, 2.05) is 19.1 Å². The summed E-state index contributed by atoms with van der Waals surface area (Å²) in [4.78, 5) is 14.8. The van der Waals surface area contributed by atoms with Crippen LogP contribution < -0.4 is 15.5 Å². The van der Waals surface area contributed by atoms with Crippen LogP contribution in [0.4, 0.5) is 11.4 Å². The fourth-order valence-electron chi connectivity index (χ4n) is 3.12. The topological polar surface area (TPSA) is 44.4 Å². The summed E-state index contributed by atoms with van der Waals surface area (Å²) in [7, 11) is 0. The van der Waals surface area contributed by atoms with Crippen molar-refractivity contribution in [3.05, 3.63) is 24.3 Å². The van der Waals surface area contributed by atoms with Crippen LogP contribution in [0, 0.1) is 11.8 Å². The van der Waals surface area contributed by atoms with Crippen LogP contribution in [0.2, 0.25) is 0 Å². The number of carbonyl (C=O) groups excluding carboxylic acids is 1. The van der Waals surface area contributed by atoms with Crippen molar-refractivity contribution in [3.63, 3.8) is 0 Å². The Morgan fingerprint density at radius 2 is 1.95 bits per heavy atom. The minimum atomic E-state index is 0.0701. The average molecular weight is 287 g/mol.